The molecule has 1 aliphatic heterocycles. The summed E-state index contributed by atoms with van der Waals surface area (Å²) in [7, 11) is 0. The van der Waals surface area contributed by atoms with Crippen molar-refractivity contribution in [3.8, 4) is 11.5 Å². The third kappa shape index (κ3) is 2.18. The Morgan fingerprint density at radius 2 is 2.00 bits per heavy atom. The van der Waals surface area contributed by atoms with E-state index in [0.29, 0.717) is 19.8 Å². The van der Waals surface area contributed by atoms with Crippen LogP contribution in [0.2, 0.25) is 0 Å². The van der Waals surface area contributed by atoms with Crippen LogP contribution in [0.15, 0.2) is 35.1 Å². The van der Waals surface area contributed by atoms with Crippen molar-refractivity contribution in [1.29, 1.82) is 0 Å². The second-order valence-electron chi connectivity index (χ2n) is 3.72. The molecule has 0 amide bonds. The summed E-state index contributed by atoms with van der Waals surface area (Å²) in [4.78, 5) is 0. The molecular weight excluding hydrogens is 220 g/mol. The first kappa shape index (κ1) is 10.0. The van der Waals surface area contributed by atoms with Crippen LogP contribution in [0.1, 0.15) is 5.56 Å². The number of benzene rings is 1. The zero-order valence-corrected chi connectivity index (χ0v) is 9.18. The molecule has 2 heterocycles. The molecule has 2 aromatic rings. The second-order valence-corrected chi connectivity index (χ2v) is 3.72. The molecule has 0 saturated heterocycles. The first-order chi connectivity index (χ1) is 8.42. The molecular formula is C12H12N2O3. The molecule has 0 saturated carbocycles. The zero-order valence-electron chi connectivity index (χ0n) is 9.18. The van der Waals surface area contributed by atoms with Gasteiger partial charge in [-0.1, -0.05) is 11.2 Å². The molecule has 88 valence electrons. The minimum Gasteiger partial charge on any atom is -0.486 e. The molecule has 3 rings (SSSR count). The average molecular weight is 232 g/mol. The molecule has 0 unspecified atom stereocenters. The van der Waals surface area contributed by atoms with Crippen molar-refractivity contribution >= 4 is 5.82 Å². The fourth-order valence-electron chi connectivity index (χ4n) is 1.69. The van der Waals surface area contributed by atoms with Gasteiger partial charge < -0.3 is 19.3 Å². The number of rotatable bonds is 3. The van der Waals surface area contributed by atoms with Gasteiger partial charge in [0.1, 0.15) is 19.5 Å². The fourth-order valence-corrected chi connectivity index (χ4v) is 1.69. The summed E-state index contributed by atoms with van der Waals surface area (Å²) in [5.41, 5.74) is 1.11. The SMILES string of the molecule is c1cc(NCc2ccc3c(c2)OCCO3)no1. The normalized spacial score (nSPS) is 13.4. The van der Waals surface area contributed by atoms with Crippen molar-refractivity contribution < 1.29 is 14.0 Å². The lowest BCUT2D eigenvalue weighted by atomic mass is 10.2. The topological polar surface area (TPSA) is 56.5 Å². The van der Waals surface area contributed by atoms with Gasteiger partial charge >= 0.3 is 0 Å². The van der Waals surface area contributed by atoms with Crippen LogP contribution in [0.25, 0.3) is 0 Å². The molecule has 1 N–H and O–H groups in total. The summed E-state index contributed by atoms with van der Waals surface area (Å²) in [6.07, 6.45) is 1.53. The van der Waals surface area contributed by atoms with E-state index in [1.165, 1.54) is 6.26 Å². The summed E-state index contributed by atoms with van der Waals surface area (Å²) in [5.74, 6) is 2.33. The van der Waals surface area contributed by atoms with Crippen molar-refractivity contribution in [2.45, 2.75) is 6.54 Å². The number of aromatic nitrogens is 1. The standard InChI is InChI=1S/C12H12N2O3/c1-2-10-11(16-6-5-15-10)7-9(1)8-13-12-3-4-17-14-12/h1-4,7H,5-6,8H2,(H,13,14). The maximum Gasteiger partial charge on any atom is 0.169 e. The Labute approximate surface area is 98.3 Å². The Hall–Kier alpha value is -2.17. The number of hydrogen-bond donors (Lipinski definition) is 1. The lowest BCUT2D eigenvalue weighted by Crippen LogP contribution is -2.15. The maximum atomic E-state index is 5.51. The molecule has 0 bridgehead atoms. The van der Waals surface area contributed by atoms with Crippen LogP contribution in [0.3, 0.4) is 0 Å². The maximum absolute atomic E-state index is 5.51. The van der Waals surface area contributed by atoms with Crippen molar-refractivity contribution in [2.24, 2.45) is 0 Å². The third-order valence-corrected chi connectivity index (χ3v) is 2.52. The van der Waals surface area contributed by atoms with E-state index < -0.39 is 0 Å². The van der Waals surface area contributed by atoms with Crippen LogP contribution in [0, 0.1) is 0 Å². The number of hydrogen-bond acceptors (Lipinski definition) is 5. The molecule has 1 aromatic heterocycles. The van der Waals surface area contributed by atoms with Gasteiger partial charge in [-0.05, 0) is 17.7 Å². The lowest BCUT2D eigenvalue weighted by molar-refractivity contribution is 0.171. The first-order valence-electron chi connectivity index (χ1n) is 5.44. The molecule has 0 spiro atoms. The number of anilines is 1. The van der Waals surface area contributed by atoms with Crippen LogP contribution in [0.4, 0.5) is 5.82 Å². The predicted octanol–water partition coefficient (Wildman–Crippen LogP) is 2.06. The van der Waals surface area contributed by atoms with E-state index in [4.69, 9.17) is 14.0 Å². The summed E-state index contributed by atoms with van der Waals surface area (Å²) < 4.78 is 15.7. The van der Waals surface area contributed by atoms with Crippen LogP contribution >= 0.6 is 0 Å². The molecule has 0 radical (unpaired) electrons. The quantitative estimate of drug-likeness (QED) is 0.877. The Morgan fingerprint density at radius 3 is 2.82 bits per heavy atom. The summed E-state index contributed by atoms with van der Waals surface area (Å²) in [6.45, 7) is 1.89. The van der Waals surface area contributed by atoms with E-state index in [1.807, 2.05) is 18.2 Å². The average Bonchev–Trinajstić information content (AvgIpc) is 2.89. The van der Waals surface area contributed by atoms with Crippen molar-refractivity contribution in [3.05, 3.63) is 36.1 Å². The molecule has 0 aliphatic carbocycles. The van der Waals surface area contributed by atoms with Gasteiger partial charge in [-0.3, -0.25) is 0 Å². The molecule has 17 heavy (non-hydrogen) atoms. The molecule has 1 aromatic carbocycles. The Balaban J connectivity index is 1.71. The molecule has 1 aliphatic rings. The Kier molecular flexibility index (Phi) is 2.57. The van der Waals surface area contributed by atoms with E-state index in [9.17, 15) is 0 Å². The highest BCUT2D eigenvalue weighted by Gasteiger charge is 2.11. The summed E-state index contributed by atoms with van der Waals surface area (Å²) in [5, 5.41) is 6.92. The van der Waals surface area contributed by atoms with E-state index in [0.717, 1.165) is 22.9 Å². The number of fused-ring (bicyclic) bond motifs is 1. The highest BCUT2D eigenvalue weighted by molar-refractivity contribution is 5.45. The second kappa shape index (κ2) is 4.37. The van der Waals surface area contributed by atoms with Crippen molar-refractivity contribution in [1.82, 2.24) is 5.16 Å². The highest BCUT2D eigenvalue weighted by Crippen LogP contribution is 2.30. The first-order valence-corrected chi connectivity index (χ1v) is 5.44. The summed E-state index contributed by atoms with van der Waals surface area (Å²) >= 11 is 0. The van der Waals surface area contributed by atoms with Crippen LogP contribution in [0.5, 0.6) is 11.5 Å². The third-order valence-electron chi connectivity index (χ3n) is 2.52. The van der Waals surface area contributed by atoms with Crippen LogP contribution in [-0.4, -0.2) is 18.4 Å². The van der Waals surface area contributed by atoms with Crippen molar-refractivity contribution in [2.75, 3.05) is 18.5 Å². The predicted molar refractivity (Wildman–Crippen MR) is 61.3 cm³/mol. The van der Waals surface area contributed by atoms with Crippen LogP contribution in [-0.2, 0) is 6.54 Å². The van der Waals surface area contributed by atoms with Gasteiger partial charge in [0.25, 0.3) is 0 Å². The Bertz CT molecular complexity index is 496. The minimum atomic E-state index is 0.604. The number of ether oxygens (including phenoxy) is 2. The van der Waals surface area contributed by atoms with Gasteiger partial charge in [0, 0.05) is 12.6 Å². The fraction of sp³-hybridized carbons (Fsp3) is 0.250. The lowest BCUT2D eigenvalue weighted by Gasteiger charge is -2.18. The van der Waals surface area contributed by atoms with Crippen LogP contribution < -0.4 is 14.8 Å². The highest BCUT2D eigenvalue weighted by atomic mass is 16.6. The molecule has 5 heteroatoms. The van der Waals surface area contributed by atoms with E-state index >= 15 is 0 Å². The van der Waals surface area contributed by atoms with Gasteiger partial charge in [-0.2, -0.15) is 0 Å². The molecule has 0 fully saturated rings. The van der Waals surface area contributed by atoms with Gasteiger partial charge in [-0.15, -0.1) is 0 Å². The minimum absolute atomic E-state index is 0.604. The summed E-state index contributed by atoms with van der Waals surface area (Å²) in [6, 6.07) is 7.68. The van der Waals surface area contributed by atoms with Gasteiger partial charge in [0.15, 0.2) is 17.3 Å². The van der Waals surface area contributed by atoms with Crippen molar-refractivity contribution in [3.63, 3.8) is 0 Å². The zero-order chi connectivity index (χ0) is 11.5. The number of nitrogens with one attached hydrogen (secondary N) is 1. The van der Waals surface area contributed by atoms with E-state index in [1.54, 1.807) is 6.07 Å². The van der Waals surface area contributed by atoms with Gasteiger partial charge in [0.2, 0.25) is 0 Å². The number of nitrogens with zero attached hydrogens (tertiary/aromatic N) is 1. The monoisotopic (exact) mass is 232 g/mol. The smallest absolute Gasteiger partial charge is 0.169 e. The molecule has 0 atom stereocenters. The Morgan fingerprint density at radius 1 is 1.12 bits per heavy atom. The van der Waals surface area contributed by atoms with E-state index in [2.05, 4.69) is 10.5 Å². The van der Waals surface area contributed by atoms with Gasteiger partial charge in [0.05, 0.1) is 0 Å². The van der Waals surface area contributed by atoms with Gasteiger partial charge in [-0.25, -0.2) is 0 Å². The molecule has 5 nitrogen and oxygen atoms in total. The van der Waals surface area contributed by atoms with E-state index in [-0.39, 0.29) is 0 Å². The largest absolute Gasteiger partial charge is 0.486 e.